The predicted octanol–water partition coefficient (Wildman–Crippen LogP) is 0.591. The molecule has 1 aromatic heterocycles. The summed E-state index contributed by atoms with van der Waals surface area (Å²) >= 11 is 0. The quantitative estimate of drug-likeness (QED) is 0.785. The molecule has 0 radical (unpaired) electrons. The molecule has 0 aliphatic rings. The number of pyridine rings is 1. The lowest BCUT2D eigenvalue weighted by Crippen LogP contribution is -2.46. The molecule has 1 aromatic rings. The van der Waals surface area contributed by atoms with Crippen molar-refractivity contribution in [2.45, 2.75) is 19.4 Å². The monoisotopic (exact) mass is 224 g/mol. The van der Waals surface area contributed by atoms with Crippen molar-refractivity contribution in [2.24, 2.45) is 0 Å². The van der Waals surface area contributed by atoms with Crippen molar-refractivity contribution in [3.63, 3.8) is 0 Å². The molecule has 88 valence electrons. The van der Waals surface area contributed by atoms with Crippen LogP contribution in [0.25, 0.3) is 0 Å². The van der Waals surface area contributed by atoms with Gasteiger partial charge in [-0.3, -0.25) is 4.79 Å². The van der Waals surface area contributed by atoms with Gasteiger partial charge in [0.2, 0.25) is 5.88 Å². The molecule has 5 heteroatoms. The Morgan fingerprint density at radius 3 is 2.69 bits per heavy atom. The third-order valence-electron chi connectivity index (χ3n) is 2.05. The first-order valence-electron chi connectivity index (χ1n) is 4.92. The number of methoxy groups -OCH3 is 1. The number of ether oxygens (including phenoxy) is 1. The van der Waals surface area contributed by atoms with Gasteiger partial charge in [-0.15, -0.1) is 0 Å². The fourth-order valence-electron chi connectivity index (χ4n) is 1.05. The SMILES string of the molecule is COc1ccc(C(=O)NC(C)(C)CO)cn1. The standard InChI is InChI=1S/C11H16N2O3/c1-11(2,7-14)13-10(15)8-4-5-9(16-3)12-6-8/h4-6,14H,7H2,1-3H3,(H,13,15). The van der Waals surface area contributed by atoms with E-state index in [1.54, 1.807) is 26.0 Å². The Hall–Kier alpha value is -1.62. The van der Waals surface area contributed by atoms with Gasteiger partial charge >= 0.3 is 0 Å². The molecule has 0 saturated carbocycles. The summed E-state index contributed by atoms with van der Waals surface area (Å²) in [7, 11) is 1.51. The molecular formula is C11H16N2O3. The number of carbonyl (C=O) groups excluding carboxylic acids is 1. The number of hydrogen-bond donors (Lipinski definition) is 2. The number of nitrogens with zero attached hydrogens (tertiary/aromatic N) is 1. The normalized spacial score (nSPS) is 11.0. The number of hydrogen-bond acceptors (Lipinski definition) is 4. The summed E-state index contributed by atoms with van der Waals surface area (Å²) in [6, 6.07) is 3.23. The first kappa shape index (κ1) is 12.4. The van der Waals surface area contributed by atoms with Crippen LogP contribution in [-0.4, -0.2) is 35.3 Å². The fourth-order valence-corrected chi connectivity index (χ4v) is 1.05. The summed E-state index contributed by atoms with van der Waals surface area (Å²) in [5.74, 6) is 0.187. The van der Waals surface area contributed by atoms with Gasteiger partial charge in [0, 0.05) is 12.3 Å². The van der Waals surface area contributed by atoms with Crippen molar-refractivity contribution in [1.29, 1.82) is 0 Å². The minimum absolute atomic E-state index is 0.123. The van der Waals surface area contributed by atoms with E-state index in [9.17, 15) is 4.79 Å². The number of aromatic nitrogens is 1. The Labute approximate surface area is 94.5 Å². The maximum absolute atomic E-state index is 11.7. The van der Waals surface area contributed by atoms with Crippen LogP contribution < -0.4 is 10.1 Å². The Kier molecular flexibility index (Phi) is 3.84. The molecule has 0 aliphatic heterocycles. The summed E-state index contributed by atoms with van der Waals surface area (Å²) in [6.07, 6.45) is 1.43. The molecule has 0 aliphatic carbocycles. The van der Waals surface area contributed by atoms with Gasteiger partial charge in [0.25, 0.3) is 5.91 Å². The van der Waals surface area contributed by atoms with Crippen molar-refractivity contribution < 1.29 is 14.6 Å². The molecule has 0 bridgehead atoms. The van der Waals surface area contributed by atoms with Crippen LogP contribution >= 0.6 is 0 Å². The van der Waals surface area contributed by atoms with E-state index in [2.05, 4.69) is 10.3 Å². The van der Waals surface area contributed by atoms with Gasteiger partial charge in [-0.2, -0.15) is 0 Å². The van der Waals surface area contributed by atoms with Crippen LogP contribution in [0.1, 0.15) is 24.2 Å². The van der Waals surface area contributed by atoms with Crippen LogP contribution in [-0.2, 0) is 0 Å². The highest BCUT2D eigenvalue weighted by Gasteiger charge is 2.20. The van der Waals surface area contributed by atoms with Gasteiger partial charge in [-0.1, -0.05) is 0 Å². The van der Waals surface area contributed by atoms with E-state index in [1.165, 1.54) is 13.3 Å². The Morgan fingerprint density at radius 2 is 2.25 bits per heavy atom. The molecule has 1 heterocycles. The zero-order valence-electron chi connectivity index (χ0n) is 9.65. The van der Waals surface area contributed by atoms with Gasteiger partial charge in [0.1, 0.15) is 0 Å². The minimum atomic E-state index is -0.642. The summed E-state index contributed by atoms with van der Waals surface area (Å²) in [5.41, 5.74) is -0.209. The van der Waals surface area contributed by atoms with Gasteiger partial charge in [-0.05, 0) is 19.9 Å². The second-order valence-corrected chi connectivity index (χ2v) is 4.09. The molecule has 0 saturated heterocycles. The van der Waals surface area contributed by atoms with Crippen LogP contribution in [0.5, 0.6) is 5.88 Å². The molecule has 0 fully saturated rings. The summed E-state index contributed by atoms with van der Waals surface area (Å²) < 4.78 is 4.89. The number of carbonyl (C=O) groups is 1. The van der Waals surface area contributed by atoms with Crippen molar-refractivity contribution in [3.8, 4) is 5.88 Å². The van der Waals surface area contributed by atoms with Gasteiger partial charge in [0.05, 0.1) is 24.8 Å². The molecule has 0 unspecified atom stereocenters. The third kappa shape index (κ3) is 3.20. The highest BCUT2D eigenvalue weighted by Crippen LogP contribution is 2.08. The number of amides is 1. The van der Waals surface area contributed by atoms with E-state index in [0.29, 0.717) is 11.4 Å². The second kappa shape index (κ2) is 4.94. The first-order valence-corrected chi connectivity index (χ1v) is 4.92. The first-order chi connectivity index (χ1) is 7.48. The van der Waals surface area contributed by atoms with E-state index in [0.717, 1.165) is 0 Å². The van der Waals surface area contributed by atoms with Crippen molar-refractivity contribution in [1.82, 2.24) is 10.3 Å². The molecule has 5 nitrogen and oxygen atoms in total. The average molecular weight is 224 g/mol. The van der Waals surface area contributed by atoms with Crippen LogP contribution in [0.2, 0.25) is 0 Å². The highest BCUT2D eigenvalue weighted by molar-refractivity contribution is 5.94. The number of nitrogens with one attached hydrogen (secondary N) is 1. The molecule has 0 spiro atoms. The molecule has 1 amide bonds. The highest BCUT2D eigenvalue weighted by atomic mass is 16.5. The largest absolute Gasteiger partial charge is 0.481 e. The van der Waals surface area contributed by atoms with Gasteiger partial charge in [-0.25, -0.2) is 4.98 Å². The average Bonchev–Trinajstić information content (AvgIpc) is 2.28. The van der Waals surface area contributed by atoms with Gasteiger partial charge in [0.15, 0.2) is 0 Å². The zero-order valence-corrected chi connectivity index (χ0v) is 9.65. The zero-order chi connectivity index (χ0) is 12.2. The van der Waals surface area contributed by atoms with E-state index >= 15 is 0 Å². The number of rotatable bonds is 4. The minimum Gasteiger partial charge on any atom is -0.481 e. The summed E-state index contributed by atoms with van der Waals surface area (Å²) in [5, 5.41) is 11.7. The van der Waals surface area contributed by atoms with Crippen LogP contribution in [0.15, 0.2) is 18.3 Å². The van der Waals surface area contributed by atoms with Crippen molar-refractivity contribution in [3.05, 3.63) is 23.9 Å². The summed E-state index contributed by atoms with van der Waals surface area (Å²) in [6.45, 7) is 3.35. The maximum atomic E-state index is 11.7. The van der Waals surface area contributed by atoms with Crippen LogP contribution in [0.4, 0.5) is 0 Å². The Bertz CT molecular complexity index is 360. The Morgan fingerprint density at radius 1 is 1.56 bits per heavy atom. The fraction of sp³-hybridized carbons (Fsp3) is 0.455. The third-order valence-corrected chi connectivity index (χ3v) is 2.05. The van der Waals surface area contributed by atoms with E-state index in [4.69, 9.17) is 9.84 Å². The molecular weight excluding hydrogens is 208 g/mol. The van der Waals surface area contributed by atoms with Gasteiger partial charge < -0.3 is 15.2 Å². The lowest BCUT2D eigenvalue weighted by atomic mass is 10.1. The molecule has 2 N–H and O–H groups in total. The predicted molar refractivity (Wildman–Crippen MR) is 59.4 cm³/mol. The van der Waals surface area contributed by atoms with Crippen LogP contribution in [0, 0.1) is 0 Å². The van der Waals surface area contributed by atoms with E-state index in [1.807, 2.05) is 0 Å². The second-order valence-electron chi connectivity index (χ2n) is 4.09. The summed E-state index contributed by atoms with van der Waals surface area (Å²) in [4.78, 5) is 15.6. The molecule has 16 heavy (non-hydrogen) atoms. The molecule has 0 aromatic carbocycles. The smallest absolute Gasteiger partial charge is 0.253 e. The number of aliphatic hydroxyl groups excluding tert-OH is 1. The Balaban J connectivity index is 2.73. The lowest BCUT2D eigenvalue weighted by Gasteiger charge is -2.23. The topological polar surface area (TPSA) is 71.5 Å². The molecule has 0 atom stereocenters. The maximum Gasteiger partial charge on any atom is 0.253 e. The van der Waals surface area contributed by atoms with E-state index in [-0.39, 0.29) is 12.5 Å². The van der Waals surface area contributed by atoms with Crippen molar-refractivity contribution >= 4 is 5.91 Å². The van der Waals surface area contributed by atoms with Crippen LogP contribution in [0.3, 0.4) is 0 Å². The molecule has 1 rings (SSSR count). The van der Waals surface area contributed by atoms with E-state index < -0.39 is 5.54 Å². The van der Waals surface area contributed by atoms with Crippen molar-refractivity contribution in [2.75, 3.05) is 13.7 Å². The lowest BCUT2D eigenvalue weighted by molar-refractivity contribution is 0.0869. The number of aliphatic hydroxyl groups is 1.